The molecule has 0 fully saturated rings. The first-order valence-corrected chi connectivity index (χ1v) is 6.46. The summed E-state index contributed by atoms with van der Waals surface area (Å²) in [5.74, 6) is -1.46. The molecule has 0 saturated carbocycles. The van der Waals surface area contributed by atoms with E-state index < -0.39 is 11.8 Å². The molecule has 0 spiro atoms. The van der Waals surface area contributed by atoms with Crippen LogP contribution < -0.4 is 10.6 Å². The Hall–Kier alpha value is -1.44. The van der Waals surface area contributed by atoms with E-state index in [0.717, 1.165) is 4.47 Å². The van der Waals surface area contributed by atoms with Gasteiger partial charge in [-0.15, -0.1) is 0 Å². The van der Waals surface area contributed by atoms with Crippen LogP contribution in [-0.4, -0.2) is 43.3 Å². The Balaban J connectivity index is 2.31. The number of carbonyl (C=O) groups excluding carboxylic acids is 2. The van der Waals surface area contributed by atoms with E-state index in [1.165, 1.54) is 0 Å². The molecule has 0 atom stereocenters. The zero-order chi connectivity index (χ0) is 14.1. The Morgan fingerprint density at radius 2 is 2.05 bits per heavy atom. The molecule has 1 aromatic rings. The lowest BCUT2D eigenvalue weighted by atomic mass is 10.3. The second kappa shape index (κ2) is 8.63. The maximum absolute atomic E-state index is 11.5. The van der Waals surface area contributed by atoms with Gasteiger partial charge < -0.3 is 20.5 Å². The van der Waals surface area contributed by atoms with Crippen LogP contribution in [0.1, 0.15) is 0 Å². The number of benzene rings is 1. The lowest BCUT2D eigenvalue weighted by Gasteiger charge is -2.07. The third kappa shape index (κ3) is 6.32. The van der Waals surface area contributed by atoms with Crippen molar-refractivity contribution in [2.45, 2.75) is 0 Å². The molecular weight excluding hydrogens is 316 g/mol. The summed E-state index contributed by atoms with van der Waals surface area (Å²) in [4.78, 5) is 22.9. The van der Waals surface area contributed by atoms with E-state index >= 15 is 0 Å². The summed E-state index contributed by atoms with van der Waals surface area (Å²) in [7, 11) is 0. The zero-order valence-corrected chi connectivity index (χ0v) is 11.8. The van der Waals surface area contributed by atoms with Crippen molar-refractivity contribution in [2.24, 2.45) is 0 Å². The third-order valence-corrected chi connectivity index (χ3v) is 2.55. The van der Waals surface area contributed by atoms with Crippen LogP contribution >= 0.6 is 15.9 Å². The van der Waals surface area contributed by atoms with Gasteiger partial charge in [0.25, 0.3) is 0 Å². The molecule has 0 aliphatic heterocycles. The largest absolute Gasteiger partial charge is 0.394 e. The molecule has 0 bridgehead atoms. The van der Waals surface area contributed by atoms with Gasteiger partial charge in [-0.3, -0.25) is 9.59 Å². The summed E-state index contributed by atoms with van der Waals surface area (Å²) in [5, 5.41) is 13.3. The Morgan fingerprint density at radius 1 is 1.26 bits per heavy atom. The summed E-state index contributed by atoms with van der Waals surface area (Å²) in [5.41, 5.74) is 0.533. The van der Waals surface area contributed by atoms with Crippen LogP contribution in [0.5, 0.6) is 0 Å². The second-order valence-corrected chi connectivity index (χ2v) is 4.47. The molecule has 7 heteroatoms. The predicted octanol–water partition coefficient (Wildman–Crippen LogP) is 0.513. The lowest BCUT2D eigenvalue weighted by Crippen LogP contribution is -2.37. The van der Waals surface area contributed by atoms with E-state index in [1.54, 1.807) is 18.2 Å². The van der Waals surface area contributed by atoms with E-state index in [0.29, 0.717) is 5.69 Å². The van der Waals surface area contributed by atoms with E-state index in [2.05, 4.69) is 26.6 Å². The Bertz CT molecular complexity index is 439. The first-order chi connectivity index (χ1) is 9.13. The van der Waals surface area contributed by atoms with Gasteiger partial charge in [0.05, 0.1) is 19.8 Å². The molecule has 0 aliphatic rings. The molecular formula is C12H15BrN2O4. The second-order valence-electron chi connectivity index (χ2n) is 3.56. The molecule has 0 aliphatic carbocycles. The van der Waals surface area contributed by atoms with E-state index in [4.69, 9.17) is 9.84 Å². The summed E-state index contributed by atoms with van der Waals surface area (Å²) in [6, 6.07) is 6.93. The molecule has 0 saturated heterocycles. The first-order valence-electron chi connectivity index (χ1n) is 5.67. The van der Waals surface area contributed by atoms with Crippen molar-refractivity contribution in [3.05, 3.63) is 28.7 Å². The maximum atomic E-state index is 11.5. The van der Waals surface area contributed by atoms with Crippen molar-refractivity contribution in [1.82, 2.24) is 5.32 Å². The number of hydrogen-bond acceptors (Lipinski definition) is 4. The highest BCUT2D eigenvalue weighted by atomic mass is 79.9. The standard InChI is InChI=1S/C12H15BrN2O4/c13-9-2-1-3-10(8-9)15-12(18)11(17)14-4-6-19-7-5-16/h1-3,8,16H,4-7H2,(H,14,17)(H,15,18). The SMILES string of the molecule is O=C(NCCOCCO)C(=O)Nc1cccc(Br)c1. The van der Waals surface area contributed by atoms with Crippen LogP contribution in [0.3, 0.4) is 0 Å². The van der Waals surface area contributed by atoms with Crippen LogP contribution in [0.4, 0.5) is 5.69 Å². The van der Waals surface area contributed by atoms with Gasteiger partial charge >= 0.3 is 11.8 Å². The van der Waals surface area contributed by atoms with Crippen molar-refractivity contribution < 1.29 is 19.4 Å². The quantitative estimate of drug-likeness (QED) is 0.524. The van der Waals surface area contributed by atoms with Gasteiger partial charge in [-0.2, -0.15) is 0 Å². The number of nitrogens with one attached hydrogen (secondary N) is 2. The minimum absolute atomic E-state index is 0.0721. The third-order valence-electron chi connectivity index (χ3n) is 2.06. The smallest absolute Gasteiger partial charge is 0.313 e. The molecule has 0 heterocycles. The molecule has 1 rings (SSSR count). The summed E-state index contributed by atoms with van der Waals surface area (Å²) < 4.78 is 5.75. The minimum Gasteiger partial charge on any atom is -0.394 e. The van der Waals surface area contributed by atoms with Crippen molar-refractivity contribution in [3.63, 3.8) is 0 Å². The van der Waals surface area contributed by atoms with Crippen molar-refractivity contribution in [2.75, 3.05) is 31.7 Å². The van der Waals surface area contributed by atoms with Gasteiger partial charge in [-0.25, -0.2) is 0 Å². The minimum atomic E-state index is -0.736. The van der Waals surface area contributed by atoms with Gasteiger partial charge in [0.1, 0.15) is 0 Å². The number of ether oxygens (including phenoxy) is 1. The molecule has 1 aromatic carbocycles. The molecule has 0 aromatic heterocycles. The molecule has 0 unspecified atom stereocenters. The number of anilines is 1. The molecule has 6 nitrogen and oxygen atoms in total. The molecule has 19 heavy (non-hydrogen) atoms. The monoisotopic (exact) mass is 330 g/mol. The Kier molecular flexibility index (Phi) is 7.09. The normalized spacial score (nSPS) is 10.0. The number of amides is 2. The van der Waals surface area contributed by atoms with Gasteiger partial charge in [0.2, 0.25) is 0 Å². The summed E-state index contributed by atoms with van der Waals surface area (Å²) >= 11 is 3.27. The zero-order valence-electron chi connectivity index (χ0n) is 10.2. The van der Waals surface area contributed by atoms with Crippen LogP contribution in [0.15, 0.2) is 28.7 Å². The molecule has 2 amide bonds. The highest BCUT2D eigenvalue weighted by Gasteiger charge is 2.12. The van der Waals surface area contributed by atoms with Gasteiger partial charge in [-0.1, -0.05) is 22.0 Å². The number of aliphatic hydroxyl groups excluding tert-OH is 1. The summed E-state index contributed by atoms with van der Waals surface area (Å²) in [6.07, 6.45) is 0. The van der Waals surface area contributed by atoms with E-state index in [9.17, 15) is 9.59 Å². The van der Waals surface area contributed by atoms with Crippen LogP contribution in [-0.2, 0) is 14.3 Å². The molecule has 3 N–H and O–H groups in total. The average molecular weight is 331 g/mol. The number of carbonyl (C=O) groups is 2. The van der Waals surface area contributed by atoms with Crippen LogP contribution in [0.2, 0.25) is 0 Å². The molecule has 104 valence electrons. The fourth-order valence-corrected chi connectivity index (χ4v) is 1.64. The fraction of sp³-hybridized carbons (Fsp3) is 0.333. The highest BCUT2D eigenvalue weighted by Crippen LogP contribution is 2.15. The first kappa shape index (κ1) is 15.6. The number of aliphatic hydroxyl groups is 1. The number of rotatable bonds is 6. The Labute approximate surface area is 119 Å². The van der Waals surface area contributed by atoms with Crippen molar-refractivity contribution in [3.8, 4) is 0 Å². The van der Waals surface area contributed by atoms with Gasteiger partial charge in [0, 0.05) is 16.7 Å². The number of hydrogen-bond donors (Lipinski definition) is 3. The van der Waals surface area contributed by atoms with E-state index in [1.807, 2.05) is 6.07 Å². The van der Waals surface area contributed by atoms with Gasteiger partial charge in [-0.05, 0) is 18.2 Å². The van der Waals surface area contributed by atoms with Crippen molar-refractivity contribution in [1.29, 1.82) is 0 Å². The predicted molar refractivity (Wildman–Crippen MR) is 73.7 cm³/mol. The maximum Gasteiger partial charge on any atom is 0.313 e. The topological polar surface area (TPSA) is 87.7 Å². The highest BCUT2D eigenvalue weighted by molar-refractivity contribution is 9.10. The average Bonchev–Trinajstić information content (AvgIpc) is 2.38. The fourth-order valence-electron chi connectivity index (χ4n) is 1.24. The molecule has 0 radical (unpaired) electrons. The van der Waals surface area contributed by atoms with Gasteiger partial charge in [0.15, 0.2) is 0 Å². The summed E-state index contributed by atoms with van der Waals surface area (Å²) in [6.45, 7) is 0.596. The van der Waals surface area contributed by atoms with Crippen LogP contribution in [0, 0.1) is 0 Å². The number of halogens is 1. The van der Waals surface area contributed by atoms with Crippen LogP contribution in [0.25, 0.3) is 0 Å². The van der Waals surface area contributed by atoms with Crippen molar-refractivity contribution >= 4 is 33.4 Å². The van der Waals surface area contributed by atoms with E-state index in [-0.39, 0.29) is 26.4 Å². The Morgan fingerprint density at radius 3 is 2.74 bits per heavy atom. The lowest BCUT2D eigenvalue weighted by molar-refractivity contribution is -0.136.